The van der Waals surface area contributed by atoms with Crippen LogP contribution in [-0.2, 0) is 13.1 Å². The molecular weight excluding hydrogens is 224 g/mol. The van der Waals surface area contributed by atoms with Crippen molar-refractivity contribution < 1.29 is 4.42 Å². The maximum Gasteiger partial charge on any atom is 0.122 e. The van der Waals surface area contributed by atoms with Crippen molar-refractivity contribution in [2.24, 2.45) is 0 Å². The minimum atomic E-state index is 0.473. The number of hydrogen-bond acceptors (Lipinski definition) is 3. The molecule has 0 bridgehead atoms. The lowest BCUT2D eigenvalue weighted by molar-refractivity contribution is 0.300. The number of hydrogen-bond donors (Lipinski definition) is 1. The van der Waals surface area contributed by atoms with Crippen molar-refractivity contribution in [1.29, 1.82) is 0 Å². The van der Waals surface area contributed by atoms with Crippen LogP contribution in [0.15, 0.2) is 28.9 Å². The van der Waals surface area contributed by atoms with Gasteiger partial charge in [0.15, 0.2) is 0 Å². The van der Waals surface area contributed by atoms with Crippen LogP contribution in [0.4, 0.5) is 0 Å². The molecule has 18 heavy (non-hydrogen) atoms. The number of rotatable bonds is 8. The molecule has 0 spiro atoms. The largest absolute Gasteiger partial charge is 0.468 e. The van der Waals surface area contributed by atoms with Gasteiger partial charge in [0.05, 0.1) is 12.8 Å². The third-order valence-electron chi connectivity index (χ3n) is 2.84. The van der Waals surface area contributed by atoms with E-state index in [4.69, 9.17) is 4.42 Å². The maximum atomic E-state index is 5.55. The molecule has 1 heterocycles. The van der Waals surface area contributed by atoms with Crippen LogP contribution < -0.4 is 5.32 Å². The summed E-state index contributed by atoms with van der Waals surface area (Å²) in [5.41, 5.74) is 2.47. The average Bonchev–Trinajstić information content (AvgIpc) is 2.72. The molecule has 1 aromatic rings. The van der Waals surface area contributed by atoms with Crippen molar-refractivity contribution in [3.63, 3.8) is 0 Å². The molecule has 0 aliphatic rings. The molecule has 0 unspecified atom stereocenters. The second-order valence-corrected chi connectivity index (χ2v) is 5.16. The quantitative estimate of drug-likeness (QED) is 0.718. The third-order valence-corrected chi connectivity index (χ3v) is 2.84. The van der Waals surface area contributed by atoms with Gasteiger partial charge >= 0.3 is 0 Å². The Morgan fingerprint density at radius 1 is 1.50 bits per heavy atom. The van der Waals surface area contributed by atoms with Gasteiger partial charge in [0.2, 0.25) is 0 Å². The lowest BCUT2D eigenvalue weighted by Gasteiger charge is -2.20. The van der Waals surface area contributed by atoms with Crippen LogP contribution in [0, 0.1) is 0 Å². The fourth-order valence-electron chi connectivity index (χ4n) is 1.86. The van der Waals surface area contributed by atoms with Crippen molar-refractivity contribution in [2.45, 2.75) is 46.8 Å². The number of furan rings is 1. The van der Waals surface area contributed by atoms with Crippen LogP contribution >= 0.6 is 0 Å². The highest BCUT2D eigenvalue weighted by molar-refractivity contribution is 5.17. The Balaban J connectivity index is 2.60. The molecular formula is C15H26N2O. The molecule has 102 valence electrons. The van der Waals surface area contributed by atoms with Crippen LogP contribution in [0.3, 0.4) is 0 Å². The summed E-state index contributed by atoms with van der Waals surface area (Å²) >= 11 is 0. The Bertz CT molecular complexity index is 368. The molecule has 0 saturated carbocycles. The number of likely N-dealkylation sites (N-methyl/N-ethyl adjacent to an activating group) is 1. The van der Waals surface area contributed by atoms with E-state index >= 15 is 0 Å². The zero-order chi connectivity index (χ0) is 13.5. The monoisotopic (exact) mass is 250 g/mol. The predicted molar refractivity (Wildman–Crippen MR) is 76.4 cm³/mol. The van der Waals surface area contributed by atoms with Gasteiger partial charge in [-0.25, -0.2) is 0 Å². The molecule has 0 radical (unpaired) electrons. The molecule has 1 rings (SSSR count). The normalized spacial score (nSPS) is 11.4. The van der Waals surface area contributed by atoms with Gasteiger partial charge in [-0.15, -0.1) is 0 Å². The van der Waals surface area contributed by atoms with E-state index in [1.165, 1.54) is 11.1 Å². The van der Waals surface area contributed by atoms with E-state index in [-0.39, 0.29) is 0 Å². The van der Waals surface area contributed by atoms with Crippen molar-refractivity contribution in [1.82, 2.24) is 10.2 Å². The van der Waals surface area contributed by atoms with Crippen molar-refractivity contribution in [3.8, 4) is 0 Å². The highest BCUT2D eigenvalue weighted by Crippen LogP contribution is 2.14. The van der Waals surface area contributed by atoms with E-state index in [1.807, 2.05) is 0 Å². The summed E-state index contributed by atoms with van der Waals surface area (Å²) in [5, 5.41) is 3.39. The number of nitrogens with zero attached hydrogens (tertiary/aromatic N) is 1. The molecule has 3 heteroatoms. The SMILES string of the molecule is C=C(C)CN(CC)Cc1ccoc1CNC(C)C. The van der Waals surface area contributed by atoms with Crippen molar-refractivity contribution >= 4 is 0 Å². The van der Waals surface area contributed by atoms with Crippen molar-refractivity contribution in [3.05, 3.63) is 35.8 Å². The van der Waals surface area contributed by atoms with Gasteiger partial charge < -0.3 is 9.73 Å². The summed E-state index contributed by atoms with van der Waals surface area (Å²) in [6, 6.07) is 2.54. The fraction of sp³-hybridized carbons (Fsp3) is 0.600. The van der Waals surface area contributed by atoms with E-state index in [2.05, 4.69) is 50.6 Å². The van der Waals surface area contributed by atoms with E-state index in [9.17, 15) is 0 Å². The van der Waals surface area contributed by atoms with Crippen LogP contribution in [0.1, 0.15) is 39.0 Å². The van der Waals surface area contributed by atoms with E-state index in [0.29, 0.717) is 6.04 Å². The Morgan fingerprint density at radius 2 is 2.22 bits per heavy atom. The maximum absolute atomic E-state index is 5.55. The van der Waals surface area contributed by atoms with Crippen LogP contribution in [-0.4, -0.2) is 24.0 Å². The second-order valence-electron chi connectivity index (χ2n) is 5.16. The van der Waals surface area contributed by atoms with E-state index in [0.717, 1.165) is 31.9 Å². The molecule has 0 atom stereocenters. The standard InChI is InChI=1S/C15H26N2O/c1-6-17(10-12(2)3)11-14-7-8-18-15(14)9-16-13(4)5/h7-8,13,16H,2,6,9-11H2,1,3-5H3. The highest BCUT2D eigenvalue weighted by Gasteiger charge is 2.10. The zero-order valence-corrected chi connectivity index (χ0v) is 12.1. The summed E-state index contributed by atoms with van der Waals surface area (Å²) in [6.07, 6.45) is 1.78. The minimum absolute atomic E-state index is 0.473. The minimum Gasteiger partial charge on any atom is -0.468 e. The Labute approximate surface area is 111 Å². The van der Waals surface area contributed by atoms with Gasteiger partial charge in [-0.1, -0.05) is 32.9 Å². The van der Waals surface area contributed by atoms with Crippen molar-refractivity contribution in [2.75, 3.05) is 13.1 Å². The second kappa shape index (κ2) is 7.39. The first kappa shape index (κ1) is 15.0. The molecule has 1 N–H and O–H groups in total. The lowest BCUT2D eigenvalue weighted by atomic mass is 10.2. The topological polar surface area (TPSA) is 28.4 Å². The van der Waals surface area contributed by atoms with Gasteiger partial charge in [0, 0.05) is 24.7 Å². The third kappa shape index (κ3) is 5.07. The lowest BCUT2D eigenvalue weighted by Crippen LogP contribution is -2.26. The average molecular weight is 250 g/mol. The van der Waals surface area contributed by atoms with Gasteiger partial charge in [0.25, 0.3) is 0 Å². The van der Waals surface area contributed by atoms with Crippen LogP contribution in [0.25, 0.3) is 0 Å². The zero-order valence-electron chi connectivity index (χ0n) is 12.1. The van der Waals surface area contributed by atoms with Gasteiger partial charge in [-0.2, -0.15) is 0 Å². The molecule has 0 saturated heterocycles. The first-order valence-corrected chi connectivity index (χ1v) is 6.68. The Kier molecular flexibility index (Phi) is 6.16. The van der Waals surface area contributed by atoms with E-state index in [1.54, 1.807) is 6.26 Å². The molecule has 0 amide bonds. The molecule has 0 fully saturated rings. The number of nitrogens with one attached hydrogen (secondary N) is 1. The Hall–Kier alpha value is -1.06. The molecule has 1 aromatic heterocycles. The fourth-order valence-corrected chi connectivity index (χ4v) is 1.86. The molecule has 0 aromatic carbocycles. The van der Waals surface area contributed by atoms with Gasteiger partial charge in [-0.05, 0) is 19.5 Å². The van der Waals surface area contributed by atoms with Gasteiger partial charge in [-0.3, -0.25) is 4.90 Å². The highest BCUT2D eigenvalue weighted by atomic mass is 16.3. The smallest absolute Gasteiger partial charge is 0.122 e. The molecule has 0 aliphatic heterocycles. The Morgan fingerprint density at radius 3 is 2.78 bits per heavy atom. The van der Waals surface area contributed by atoms with Gasteiger partial charge in [0.1, 0.15) is 5.76 Å². The predicted octanol–water partition coefficient (Wildman–Crippen LogP) is 3.18. The summed E-state index contributed by atoms with van der Waals surface area (Å²) in [5.74, 6) is 1.05. The molecule has 0 aliphatic carbocycles. The summed E-state index contributed by atoms with van der Waals surface area (Å²) in [4.78, 5) is 2.37. The van der Waals surface area contributed by atoms with Crippen LogP contribution in [0.2, 0.25) is 0 Å². The van der Waals surface area contributed by atoms with Crippen LogP contribution in [0.5, 0.6) is 0 Å². The summed E-state index contributed by atoms with van der Waals surface area (Å²) in [6.45, 7) is 16.2. The first-order valence-electron chi connectivity index (χ1n) is 6.68. The molecule has 3 nitrogen and oxygen atoms in total. The summed E-state index contributed by atoms with van der Waals surface area (Å²) < 4.78 is 5.55. The van der Waals surface area contributed by atoms with E-state index < -0.39 is 0 Å². The first-order chi connectivity index (χ1) is 8.52. The summed E-state index contributed by atoms with van der Waals surface area (Å²) in [7, 11) is 0.